The monoisotopic (exact) mass is 469 g/mol. The molecule has 1 amide bonds. The summed E-state index contributed by atoms with van der Waals surface area (Å²) in [6.45, 7) is 9.68. The molecule has 1 N–H and O–H groups in total. The van der Waals surface area contributed by atoms with Gasteiger partial charge in [-0.25, -0.2) is 4.98 Å². The minimum Gasteiger partial charge on any atom is -0.369 e. The average Bonchev–Trinajstić information content (AvgIpc) is 3.27. The number of carbonyl (C=O) groups is 1. The van der Waals surface area contributed by atoms with Crippen LogP contribution in [0.3, 0.4) is 0 Å². The van der Waals surface area contributed by atoms with Gasteiger partial charge in [0.2, 0.25) is 0 Å². The van der Waals surface area contributed by atoms with E-state index in [2.05, 4.69) is 56.4 Å². The molecule has 0 spiro atoms. The first-order valence-electron chi connectivity index (χ1n) is 12.2. The van der Waals surface area contributed by atoms with Crippen LogP contribution in [0, 0.1) is 13.8 Å². The number of rotatable bonds is 7. The molecule has 0 bridgehead atoms. The third kappa shape index (κ3) is 5.20. The molecular formula is C28H31N5O2. The third-order valence-electron chi connectivity index (χ3n) is 6.61. The Morgan fingerprint density at radius 3 is 2.57 bits per heavy atom. The number of benzene rings is 2. The number of fused-ring (bicyclic) bond motifs is 1. The summed E-state index contributed by atoms with van der Waals surface area (Å²) in [6, 6.07) is 20.3. The van der Waals surface area contributed by atoms with Gasteiger partial charge in [-0.05, 0) is 50.6 Å². The van der Waals surface area contributed by atoms with E-state index in [0.29, 0.717) is 34.6 Å². The number of hydrogen-bond acceptors (Lipinski definition) is 6. The maximum Gasteiger partial charge on any atom is 0.259 e. The molecule has 2 aromatic carbocycles. The van der Waals surface area contributed by atoms with Crippen LogP contribution < -0.4 is 10.2 Å². The van der Waals surface area contributed by atoms with E-state index in [4.69, 9.17) is 4.52 Å². The zero-order chi connectivity index (χ0) is 24.2. The second-order valence-electron chi connectivity index (χ2n) is 9.15. The summed E-state index contributed by atoms with van der Waals surface area (Å²) in [6.07, 6.45) is 0.901. The predicted molar refractivity (Wildman–Crippen MR) is 139 cm³/mol. The molecule has 1 saturated heterocycles. The standard InChI is InChI=1S/C28H31N5O2/c1-20-8-6-11-23(18-20)33-16-14-32(15-17-33)13-7-12-29-27(34)24-19-25(22-9-4-3-5-10-22)30-28-26(24)21(2)31-35-28/h3-6,8-11,18-19H,7,12-17H2,1-2H3,(H,29,34). The van der Waals surface area contributed by atoms with Crippen LogP contribution in [0.25, 0.3) is 22.4 Å². The van der Waals surface area contributed by atoms with Gasteiger partial charge >= 0.3 is 0 Å². The van der Waals surface area contributed by atoms with Crippen molar-refractivity contribution in [3.63, 3.8) is 0 Å². The van der Waals surface area contributed by atoms with Crippen LogP contribution in [0.15, 0.2) is 65.2 Å². The molecule has 0 atom stereocenters. The third-order valence-corrected chi connectivity index (χ3v) is 6.61. The molecule has 0 radical (unpaired) electrons. The summed E-state index contributed by atoms with van der Waals surface area (Å²) < 4.78 is 5.40. The van der Waals surface area contributed by atoms with E-state index < -0.39 is 0 Å². The first kappa shape index (κ1) is 23.1. The zero-order valence-corrected chi connectivity index (χ0v) is 20.3. The highest BCUT2D eigenvalue weighted by Gasteiger charge is 2.20. The lowest BCUT2D eigenvalue weighted by molar-refractivity contribution is 0.0953. The van der Waals surface area contributed by atoms with E-state index in [1.165, 1.54) is 11.3 Å². The molecule has 2 aromatic heterocycles. The number of anilines is 1. The molecule has 7 heteroatoms. The molecule has 3 heterocycles. The van der Waals surface area contributed by atoms with Crippen LogP contribution in [0.1, 0.15) is 28.0 Å². The summed E-state index contributed by atoms with van der Waals surface area (Å²) in [7, 11) is 0. The van der Waals surface area contributed by atoms with Gasteiger partial charge in [0.25, 0.3) is 11.6 Å². The van der Waals surface area contributed by atoms with Gasteiger partial charge in [0.15, 0.2) is 0 Å². The molecule has 0 saturated carbocycles. The van der Waals surface area contributed by atoms with Gasteiger partial charge in [0, 0.05) is 44.0 Å². The van der Waals surface area contributed by atoms with Crippen molar-refractivity contribution in [1.82, 2.24) is 20.4 Å². The molecule has 1 fully saturated rings. The number of aromatic nitrogens is 2. The fraction of sp³-hybridized carbons (Fsp3) is 0.321. The number of piperazine rings is 1. The van der Waals surface area contributed by atoms with Gasteiger partial charge < -0.3 is 14.7 Å². The number of hydrogen-bond donors (Lipinski definition) is 1. The van der Waals surface area contributed by atoms with Crippen molar-refractivity contribution >= 4 is 22.7 Å². The average molecular weight is 470 g/mol. The summed E-state index contributed by atoms with van der Waals surface area (Å²) >= 11 is 0. The SMILES string of the molecule is Cc1cccc(N2CCN(CCCNC(=O)c3cc(-c4ccccc4)nc4onc(C)c34)CC2)c1. The molecule has 0 unspecified atom stereocenters. The topological polar surface area (TPSA) is 74.5 Å². The Kier molecular flexibility index (Phi) is 6.77. The molecule has 1 aliphatic rings. The minimum absolute atomic E-state index is 0.120. The molecule has 35 heavy (non-hydrogen) atoms. The number of carbonyl (C=O) groups excluding carboxylic acids is 1. The molecular weight excluding hydrogens is 438 g/mol. The Balaban J connectivity index is 1.17. The summed E-state index contributed by atoms with van der Waals surface area (Å²) in [5.74, 6) is -0.120. The van der Waals surface area contributed by atoms with Gasteiger partial charge in [0.1, 0.15) is 0 Å². The Morgan fingerprint density at radius 2 is 1.80 bits per heavy atom. The highest BCUT2D eigenvalue weighted by atomic mass is 16.5. The van der Waals surface area contributed by atoms with Crippen LogP contribution in [-0.2, 0) is 0 Å². The lowest BCUT2D eigenvalue weighted by Gasteiger charge is -2.36. The van der Waals surface area contributed by atoms with Gasteiger partial charge in [-0.1, -0.05) is 47.6 Å². The quantitative estimate of drug-likeness (QED) is 0.403. The normalized spacial score (nSPS) is 14.4. The maximum absolute atomic E-state index is 13.1. The Labute approximate surface area is 205 Å². The van der Waals surface area contributed by atoms with Crippen LogP contribution in [-0.4, -0.2) is 60.2 Å². The van der Waals surface area contributed by atoms with Gasteiger partial charge in [-0.2, -0.15) is 0 Å². The van der Waals surface area contributed by atoms with Crippen molar-refractivity contribution in [2.75, 3.05) is 44.2 Å². The van der Waals surface area contributed by atoms with E-state index >= 15 is 0 Å². The van der Waals surface area contributed by atoms with Gasteiger partial charge in [-0.3, -0.25) is 9.69 Å². The van der Waals surface area contributed by atoms with Crippen LogP contribution in [0.4, 0.5) is 5.69 Å². The van der Waals surface area contributed by atoms with Crippen molar-refractivity contribution in [2.45, 2.75) is 20.3 Å². The molecule has 7 nitrogen and oxygen atoms in total. The summed E-state index contributed by atoms with van der Waals surface area (Å²) in [5, 5.41) is 7.81. The first-order valence-corrected chi connectivity index (χ1v) is 12.2. The maximum atomic E-state index is 13.1. The van der Waals surface area contributed by atoms with Crippen molar-refractivity contribution in [2.24, 2.45) is 0 Å². The van der Waals surface area contributed by atoms with Gasteiger partial charge in [0.05, 0.1) is 22.3 Å². The number of nitrogens with zero attached hydrogens (tertiary/aromatic N) is 4. The van der Waals surface area contributed by atoms with Gasteiger partial charge in [-0.15, -0.1) is 0 Å². The van der Waals surface area contributed by atoms with E-state index in [9.17, 15) is 4.79 Å². The fourth-order valence-electron chi connectivity index (χ4n) is 4.68. The van der Waals surface area contributed by atoms with Crippen molar-refractivity contribution < 1.29 is 9.32 Å². The van der Waals surface area contributed by atoms with Crippen molar-refractivity contribution in [3.05, 3.63) is 77.5 Å². The Hall–Kier alpha value is -3.71. The minimum atomic E-state index is -0.120. The molecule has 4 aromatic rings. The lowest BCUT2D eigenvalue weighted by Crippen LogP contribution is -2.47. The van der Waals surface area contributed by atoms with E-state index in [1.807, 2.05) is 43.3 Å². The molecule has 1 aliphatic heterocycles. The Morgan fingerprint density at radius 1 is 1.00 bits per heavy atom. The number of pyridine rings is 1. The second-order valence-corrected chi connectivity index (χ2v) is 9.15. The van der Waals surface area contributed by atoms with Crippen LogP contribution in [0.5, 0.6) is 0 Å². The zero-order valence-electron chi connectivity index (χ0n) is 20.3. The van der Waals surface area contributed by atoms with Crippen molar-refractivity contribution in [3.8, 4) is 11.3 Å². The lowest BCUT2D eigenvalue weighted by atomic mass is 10.1. The highest BCUT2D eigenvalue weighted by Crippen LogP contribution is 2.27. The molecule has 180 valence electrons. The fourth-order valence-corrected chi connectivity index (χ4v) is 4.68. The Bertz CT molecular complexity index is 1310. The number of nitrogens with one attached hydrogen (secondary N) is 1. The highest BCUT2D eigenvalue weighted by molar-refractivity contribution is 6.07. The van der Waals surface area contributed by atoms with E-state index in [-0.39, 0.29) is 5.91 Å². The number of aryl methyl sites for hydroxylation is 2. The van der Waals surface area contributed by atoms with Crippen molar-refractivity contribution in [1.29, 1.82) is 0 Å². The second kappa shape index (κ2) is 10.3. The smallest absolute Gasteiger partial charge is 0.259 e. The first-order chi connectivity index (χ1) is 17.1. The largest absolute Gasteiger partial charge is 0.369 e. The van der Waals surface area contributed by atoms with Crippen LogP contribution in [0.2, 0.25) is 0 Å². The van der Waals surface area contributed by atoms with E-state index in [1.54, 1.807) is 0 Å². The summed E-state index contributed by atoms with van der Waals surface area (Å²) in [4.78, 5) is 22.6. The molecule has 0 aliphatic carbocycles. The number of amides is 1. The summed E-state index contributed by atoms with van der Waals surface area (Å²) in [5.41, 5.74) is 5.85. The van der Waals surface area contributed by atoms with E-state index in [0.717, 1.165) is 44.7 Å². The molecule has 5 rings (SSSR count). The van der Waals surface area contributed by atoms with Crippen LogP contribution >= 0.6 is 0 Å². The predicted octanol–water partition coefficient (Wildman–Crippen LogP) is 4.45.